The number of hydrogen-bond acceptors (Lipinski definition) is 29. The SMILES string of the molecule is COc1cncc(-c2cnn(C)c2C(=O)CO)n1.COc1cncc(-c2cnn(C)c2C(=O)O)n1.Cc1ccnc(-c2cnn(C)c2C(=O)CO)n1.Cc1ccnc(-c2cnn(C)c2C(=O)O)n1.Cc1ncc(Cl)c(-c2cnn(C)c2C(=O)CO)n1.Cc1ncc(Cl)c(-c2cnn(C)c2C(=O)O)n1. The van der Waals surface area contributed by atoms with E-state index in [1.54, 1.807) is 80.7 Å². The molecular weight excluding hydrogens is 1390 g/mol. The molecule has 0 spiro atoms. The van der Waals surface area contributed by atoms with Gasteiger partial charge in [0.05, 0.1) is 142 Å². The molecule has 0 fully saturated rings. The summed E-state index contributed by atoms with van der Waals surface area (Å²) in [7, 11) is 12.5. The average molecular weight is 1450 g/mol. The number of ether oxygens (including phenoxy) is 2. The molecule has 0 saturated carbocycles. The Kier molecular flexibility index (Phi) is 26.6. The van der Waals surface area contributed by atoms with Gasteiger partial charge in [0.15, 0.2) is 28.7 Å². The van der Waals surface area contributed by atoms with Crippen molar-refractivity contribution in [3.8, 4) is 79.6 Å². The predicted octanol–water partition coefficient (Wildman–Crippen LogP) is 4.44. The van der Waals surface area contributed by atoms with Crippen LogP contribution < -0.4 is 9.47 Å². The summed E-state index contributed by atoms with van der Waals surface area (Å²) in [6.07, 6.45) is 20.9. The molecule has 12 heterocycles. The van der Waals surface area contributed by atoms with Gasteiger partial charge in [0, 0.05) is 78.5 Å². The number of carboxylic acids is 3. The third-order valence-corrected chi connectivity index (χ3v) is 14.5. The Balaban J connectivity index is 0.000000173. The van der Waals surface area contributed by atoms with Gasteiger partial charge < -0.3 is 40.1 Å². The first kappa shape index (κ1) is 77.6. The number of aromatic nitrogens is 24. The number of aryl methyl sites for hydroxylation is 10. The van der Waals surface area contributed by atoms with E-state index in [0.29, 0.717) is 113 Å². The maximum absolute atomic E-state index is 11.7. The van der Waals surface area contributed by atoms with Crippen LogP contribution in [-0.4, -0.2) is 218 Å². The molecule has 40 heteroatoms. The number of halogens is 2. The van der Waals surface area contributed by atoms with Gasteiger partial charge in [-0.2, -0.15) is 30.6 Å². The average Bonchev–Trinajstić information content (AvgIpc) is 1.74. The lowest BCUT2D eigenvalue weighted by Gasteiger charge is -2.05. The van der Waals surface area contributed by atoms with E-state index in [1.807, 2.05) is 13.8 Å². The molecule has 0 amide bonds. The normalized spacial score (nSPS) is 10.5. The van der Waals surface area contributed by atoms with Crippen LogP contribution in [0.2, 0.25) is 10.0 Å². The molecule has 0 saturated heterocycles. The standard InChI is InChI=1S/C11H11ClN4O2.C11H12N4O3.C11H12N4O2.C10H9ClN4O2.C10H10N4O3.C10H10N4O2/c1-6-13-4-8(12)10(15-6)7-3-14-16(2)11(7)9(18)5-17;1-15-11(9(17)6-16)7(3-13-15)8-4-12-5-10(14-8)18-2;1-7-3-4-12-11(14-7)8-5-13-15(2)10(8)9(17)6-16;1-5-12-4-7(11)8(14-5)6-3-13-15(2)9(6)10(16)17;1-14-9(10(15)16)6(3-12-14)7-4-11-5-8(13-7)17-2;1-6-3-4-11-9(13-6)7-5-12-14(2)8(7)10(15)16/h3-4,17H,5H2,1-2H3;3-5,16H,6H2,1-2H3;3-5,16H,6H2,1-2H3;3-4H,1-2H3,(H,16,17);3-5H,1-2H3,(H,15,16);3-5H,1-2H3,(H,15,16). The van der Waals surface area contributed by atoms with Crippen LogP contribution in [0.5, 0.6) is 11.8 Å². The van der Waals surface area contributed by atoms with E-state index in [0.717, 1.165) is 11.4 Å². The molecule has 103 heavy (non-hydrogen) atoms. The van der Waals surface area contributed by atoms with Crippen molar-refractivity contribution in [2.24, 2.45) is 42.3 Å². The van der Waals surface area contributed by atoms with Gasteiger partial charge in [-0.25, -0.2) is 64.2 Å². The highest BCUT2D eigenvalue weighted by Gasteiger charge is 2.25. The molecule has 12 aromatic rings. The van der Waals surface area contributed by atoms with Crippen molar-refractivity contribution >= 4 is 58.5 Å². The van der Waals surface area contributed by atoms with Crippen molar-refractivity contribution in [2.75, 3.05) is 34.0 Å². The molecule has 6 N–H and O–H groups in total. The van der Waals surface area contributed by atoms with Gasteiger partial charge in [-0.1, -0.05) is 23.2 Å². The van der Waals surface area contributed by atoms with Crippen LogP contribution in [0.3, 0.4) is 0 Å². The molecule has 0 aliphatic heterocycles. The summed E-state index contributed by atoms with van der Waals surface area (Å²) in [6, 6.07) is 3.52. The van der Waals surface area contributed by atoms with Gasteiger partial charge >= 0.3 is 17.9 Å². The molecule has 12 rings (SSSR count). The number of aromatic carboxylic acids is 3. The van der Waals surface area contributed by atoms with Crippen LogP contribution in [0.15, 0.2) is 98.9 Å². The fourth-order valence-electron chi connectivity index (χ4n) is 9.25. The molecule has 0 radical (unpaired) electrons. The summed E-state index contributed by atoms with van der Waals surface area (Å²) in [4.78, 5) is 117. The molecule has 0 aliphatic rings. The fraction of sp³-hybridized carbons (Fsp3) is 0.238. The second kappa shape index (κ2) is 35.3. The maximum Gasteiger partial charge on any atom is 0.354 e. The zero-order chi connectivity index (χ0) is 75.5. The first-order valence-corrected chi connectivity index (χ1v) is 30.4. The minimum atomic E-state index is -1.08. The van der Waals surface area contributed by atoms with Crippen molar-refractivity contribution < 1.29 is 68.9 Å². The number of carbonyl (C=O) groups excluding carboxylic acids is 3. The summed E-state index contributed by atoms with van der Waals surface area (Å²) in [6.45, 7) is 5.37. The van der Waals surface area contributed by atoms with Gasteiger partial charge in [-0.15, -0.1) is 0 Å². The zero-order valence-corrected chi connectivity index (χ0v) is 58.3. The van der Waals surface area contributed by atoms with Gasteiger partial charge in [0.2, 0.25) is 29.1 Å². The highest BCUT2D eigenvalue weighted by molar-refractivity contribution is 6.33. The second-order valence-electron chi connectivity index (χ2n) is 21.0. The largest absolute Gasteiger partial charge is 0.480 e. The van der Waals surface area contributed by atoms with Crippen molar-refractivity contribution in [3.63, 3.8) is 0 Å². The number of aliphatic hydroxyl groups is 3. The number of methoxy groups -OCH3 is 2. The summed E-state index contributed by atoms with van der Waals surface area (Å²) in [5, 5.41) is 78.4. The number of nitrogens with zero attached hydrogens (tertiary/aromatic N) is 24. The van der Waals surface area contributed by atoms with E-state index in [9.17, 15) is 28.8 Å². The molecule has 0 unspecified atom stereocenters. The number of hydrogen-bond donors (Lipinski definition) is 6. The van der Waals surface area contributed by atoms with E-state index < -0.39 is 55.1 Å². The first-order chi connectivity index (χ1) is 49.1. The Labute approximate surface area is 593 Å². The summed E-state index contributed by atoms with van der Waals surface area (Å²) < 4.78 is 18.0. The number of carboxylic acid groups (broad SMARTS) is 3. The molecule has 0 aliphatic carbocycles. The maximum atomic E-state index is 11.7. The van der Waals surface area contributed by atoms with Crippen molar-refractivity contribution in [3.05, 3.63) is 166 Å². The Morgan fingerprint density at radius 2 is 0.670 bits per heavy atom. The summed E-state index contributed by atoms with van der Waals surface area (Å²) in [5.41, 5.74) is 7.14. The Hall–Kier alpha value is -12.8. The fourth-order valence-corrected chi connectivity index (χ4v) is 9.64. The topological polar surface area (TPSA) is 504 Å². The third-order valence-electron chi connectivity index (χ3n) is 14.0. The summed E-state index contributed by atoms with van der Waals surface area (Å²) in [5.74, 6) is -1.89. The lowest BCUT2D eigenvalue weighted by Crippen LogP contribution is -2.12. The van der Waals surface area contributed by atoms with E-state index >= 15 is 0 Å². The molecule has 12 aromatic heterocycles. The minimum Gasteiger partial charge on any atom is -0.480 e. The van der Waals surface area contributed by atoms with Crippen molar-refractivity contribution in [1.82, 2.24) is 118 Å². The van der Waals surface area contributed by atoms with E-state index in [-0.39, 0.29) is 22.8 Å². The quantitative estimate of drug-likeness (QED) is 0.0686. The predicted molar refractivity (Wildman–Crippen MR) is 363 cm³/mol. The van der Waals surface area contributed by atoms with Crippen molar-refractivity contribution in [2.45, 2.75) is 27.7 Å². The van der Waals surface area contributed by atoms with Crippen LogP contribution in [0, 0.1) is 27.7 Å². The Morgan fingerprint density at radius 1 is 0.379 bits per heavy atom. The highest BCUT2D eigenvalue weighted by atomic mass is 35.5. The van der Waals surface area contributed by atoms with Crippen LogP contribution >= 0.6 is 23.2 Å². The zero-order valence-electron chi connectivity index (χ0n) is 56.8. The monoisotopic (exact) mass is 1450 g/mol. The first-order valence-electron chi connectivity index (χ1n) is 29.6. The molecule has 0 aromatic carbocycles. The number of carbonyl (C=O) groups is 6. The number of Topliss-reactive ketones (excluding diaryl/α,β-unsaturated/α-hetero) is 3. The summed E-state index contributed by atoms with van der Waals surface area (Å²) >= 11 is 12.0. The molecule has 0 bridgehead atoms. The van der Waals surface area contributed by atoms with Crippen LogP contribution in [0.4, 0.5) is 0 Å². The number of ketones is 3. The van der Waals surface area contributed by atoms with Crippen LogP contribution in [0.25, 0.3) is 67.8 Å². The number of aliphatic hydroxyl groups excluding tert-OH is 3. The Morgan fingerprint density at radius 3 is 1.02 bits per heavy atom. The van der Waals surface area contributed by atoms with Crippen molar-refractivity contribution in [1.29, 1.82) is 0 Å². The lowest BCUT2D eigenvalue weighted by molar-refractivity contribution is 0.0675. The molecule has 38 nitrogen and oxygen atoms in total. The molecule has 0 atom stereocenters. The van der Waals surface area contributed by atoms with E-state index in [4.69, 9.17) is 63.3 Å². The second-order valence-corrected chi connectivity index (χ2v) is 21.8. The number of rotatable bonds is 17. The van der Waals surface area contributed by atoms with E-state index in [2.05, 4.69) is 90.4 Å². The highest BCUT2D eigenvalue weighted by Crippen LogP contribution is 2.31. The van der Waals surface area contributed by atoms with Gasteiger partial charge in [0.25, 0.3) is 0 Å². The van der Waals surface area contributed by atoms with Gasteiger partial charge in [-0.05, 0) is 39.8 Å². The molecular formula is C63H64Cl2N24O14. The van der Waals surface area contributed by atoms with E-state index in [1.165, 1.54) is 117 Å². The van der Waals surface area contributed by atoms with Gasteiger partial charge in [0.1, 0.15) is 48.6 Å². The molecule has 534 valence electrons. The van der Waals surface area contributed by atoms with Crippen LogP contribution in [-0.2, 0) is 42.3 Å². The smallest absolute Gasteiger partial charge is 0.354 e. The Bertz CT molecular complexity index is 5060. The third kappa shape index (κ3) is 19.0. The lowest BCUT2D eigenvalue weighted by atomic mass is 10.1. The van der Waals surface area contributed by atoms with Gasteiger partial charge in [-0.3, -0.25) is 52.4 Å². The minimum absolute atomic E-state index is 0.0463. The van der Waals surface area contributed by atoms with Crippen LogP contribution in [0.1, 0.15) is 86.0 Å².